The molecule has 1 nitrogen and oxygen atoms in total. The van der Waals surface area contributed by atoms with E-state index >= 15 is 0 Å². The molecule has 0 fully saturated rings. The SMILES string of the molecule is Cc1cccc(Br)c1.Cc1cccc(C)c1N.Cc1cccc(Cc2c(C)cccc2C)c1. The minimum Gasteiger partial charge on any atom is -0.398 e. The van der Waals surface area contributed by atoms with Gasteiger partial charge in [0, 0.05) is 10.2 Å². The van der Waals surface area contributed by atoms with Crippen LogP contribution < -0.4 is 5.73 Å². The number of hydrogen-bond donors (Lipinski definition) is 1. The summed E-state index contributed by atoms with van der Waals surface area (Å²) >= 11 is 3.36. The summed E-state index contributed by atoms with van der Waals surface area (Å²) in [5, 5.41) is 0. The predicted octanol–water partition coefficient (Wildman–Crippen LogP) is 8.85. The molecule has 0 saturated heterocycles. The second-order valence-corrected chi connectivity index (χ2v) is 9.56. The van der Waals surface area contributed by atoms with Crippen molar-refractivity contribution in [1.29, 1.82) is 0 Å². The highest BCUT2D eigenvalue weighted by Crippen LogP contribution is 2.18. The molecule has 4 aromatic rings. The molecule has 172 valence electrons. The van der Waals surface area contributed by atoms with Crippen LogP contribution >= 0.6 is 15.9 Å². The number of halogens is 1. The fourth-order valence-corrected chi connectivity index (χ4v) is 4.10. The first-order valence-corrected chi connectivity index (χ1v) is 12.1. The topological polar surface area (TPSA) is 26.0 Å². The Kier molecular flexibility index (Phi) is 10.4. The Morgan fingerprint density at radius 3 is 1.45 bits per heavy atom. The first-order valence-electron chi connectivity index (χ1n) is 11.3. The number of nitrogens with two attached hydrogens (primary N) is 1. The Morgan fingerprint density at radius 1 is 0.576 bits per heavy atom. The fourth-order valence-electron chi connectivity index (χ4n) is 3.59. The molecule has 0 heterocycles. The molecule has 0 unspecified atom stereocenters. The molecule has 0 aliphatic heterocycles. The van der Waals surface area contributed by atoms with E-state index in [1.54, 1.807) is 0 Å². The van der Waals surface area contributed by atoms with Gasteiger partial charge in [0.05, 0.1) is 0 Å². The van der Waals surface area contributed by atoms with Crippen molar-refractivity contribution in [2.45, 2.75) is 48.0 Å². The van der Waals surface area contributed by atoms with E-state index in [1.165, 1.54) is 33.4 Å². The molecule has 0 aromatic heterocycles. The van der Waals surface area contributed by atoms with Crippen molar-refractivity contribution in [3.63, 3.8) is 0 Å². The summed E-state index contributed by atoms with van der Waals surface area (Å²) in [6, 6.07) is 29.5. The lowest BCUT2D eigenvalue weighted by Crippen LogP contribution is -1.95. The van der Waals surface area contributed by atoms with E-state index in [0.29, 0.717) is 0 Å². The first kappa shape index (κ1) is 26.4. The summed E-state index contributed by atoms with van der Waals surface area (Å²) in [5.41, 5.74) is 17.2. The number of hydrogen-bond acceptors (Lipinski definition) is 1. The van der Waals surface area contributed by atoms with Gasteiger partial charge in [-0.05, 0) is 93.5 Å². The van der Waals surface area contributed by atoms with Crippen LogP contribution in [-0.4, -0.2) is 0 Å². The summed E-state index contributed by atoms with van der Waals surface area (Å²) in [7, 11) is 0. The quantitative estimate of drug-likeness (QED) is 0.272. The summed E-state index contributed by atoms with van der Waals surface area (Å²) in [4.78, 5) is 0. The molecule has 0 amide bonds. The van der Waals surface area contributed by atoms with E-state index in [9.17, 15) is 0 Å². The smallest absolute Gasteiger partial charge is 0.0373 e. The highest BCUT2D eigenvalue weighted by Gasteiger charge is 2.03. The standard InChI is InChI=1S/C16H18.C8H11N.C7H7Br/c1-12-6-4-9-15(10-12)11-16-13(2)7-5-8-14(16)3;1-6-4-3-5-7(2)8(6)9;1-6-3-2-4-7(8)5-6/h4-10H,11H2,1-3H3;3-5H,9H2,1-2H3;2-5H,1H3. The zero-order valence-electron chi connectivity index (χ0n) is 20.7. The van der Waals surface area contributed by atoms with Gasteiger partial charge in [0.15, 0.2) is 0 Å². The van der Waals surface area contributed by atoms with Gasteiger partial charge in [-0.1, -0.05) is 99.9 Å². The largest absolute Gasteiger partial charge is 0.398 e. The third-order valence-electron chi connectivity index (χ3n) is 5.63. The molecule has 0 saturated carbocycles. The van der Waals surface area contributed by atoms with Gasteiger partial charge in [0.2, 0.25) is 0 Å². The highest BCUT2D eigenvalue weighted by atomic mass is 79.9. The Balaban J connectivity index is 0.000000192. The van der Waals surface area contributed by atoms with Crippen LogP contribution in [-0.2, 0) is 6.42 Å². The van der Waals surface area contributed by atoms with Gasteiger partial charge in [0.1, 0.15) is 0 Å². The maximum atomic E-state index is 5.68. The third kappa shape index (κ3) is 8.90. The number of para-hydroxylation sites is 1. The second-order valence-electron chi connectivity index (χ2n) is 8.64. The average Bonchev–Trinajstić information content (AvgIpc) is 2.76. The van der Waals surface area contributed by atoms with Crippen LogP contribution in [0.4, 0.5) is 5.69 Å². The molecule has 0 bridgehead atoms. The minimum absolute atomic E-state index is 0.914. The van der Waals surface area contributed by atoms with Crippen LogP contribution in [0.15, 0.2) is 89.4 Å². The maximum Gasteiger partial charge on any atom is 0.0373 e. The van der Waals surface area contributed by atoms with E-state index in [4.69, 9.17) is 5.73 Å². The molecule has 0 aliphatic rings. The lowest BCUT2D eigenvalue weighted by atomic mass is 9.95. The lowest BCUT2D eigenvalue weighted by Gasteiger charge is -2.10. The van der Waals surface area contributed by atoms with Crippen molar-refractivity contribution in [1.82, 2.24) is 0 Å². The van der Waals surface area contributed by atoms with Gasteiger partial charge in [-0.25, -0.2) is 0 Å². The van der Waals surface area contributed by atoms with Gasteiger partial charge in [-0.15, -0.1) is 0 Å². The summed E-state index contributed by atoms with van der Waals surface area (Å²) in [6.45, 7) is 12.6. The van der Waals surface area contributed by atoms with Crippen LogP contribution in [0.3, 0.4) is 0 Å². The van der Waals surface area contributed by atoms with Crippen molar-refractivity contribution < 1.29 is 0 Å². The zero-order valence-corrected chi connectivity index (χ0v) is 22.3. The van der Waals surface area contributed by atoms with Gasteiger partial charge >= 0.3 is 0 Å². The van der Waals surface area contributed by atoms with Crippen LogP contribution in [0.1, 0.15) is 44.5 Å². The third-order valence-corrected chi connectivity index (χ3v) is 6.12. The first-order chi connectivity index (χ1) is 15.7. The summed E-state index contributed by atoms with van der Waals surface area (Å²) in [6.07, 6.45) is 1.04. The van der Waals surface area contributed by atoms with Crippen LogP contribution in [0.25, 0.3) is 0 Å². The Hall–Kier alpha value is -2.84. The molecular formula is C31H36BrN. The molecular weight excluding hydrogens is 466 g/mol. The van der Waals surface area contributed by atoms with E-state index in [2.05, 4.69) is 98.2 Å². The molecule has 4 aromatic carbocycles. The molecule has 0 radical (unpaired) electrons. The summed E-state index contributed by atoms with van der Waals surface area (Å²) in [5.74, 6) is 0. The molecule has 0 spiro atoms. The van der Waals surface area contributed by atoms with Crippen LogP contribution in [0, 0.1) is 41.5 Å². The molecule has 0 atom stereocenters. The van der Waals surface area contributed by atoms with Gasteiger partial charge in [-0.2, -0.15) is 0 Å². The number of benzene rings is 4. The van der Waals surface area contributed by atoms with Gasteiger partial charge in [0.25, 0.3) is 0 Å². The van der Waals surface area contributed by atoms with Crippen LogP contribution in [0.5, 0.6) is 0 Å². The van der Waals surface area contributed by atoms with Crippen molar-refractivity contribution in [2.75, 3.05) is 5.73 Å². The number of anilines is 1. The predicted molar refractivity (Wildman–Crippen MR) is 149 cm³/mol. The van der Waals surface area contributed by atoms with Gasteiger partial charge in [-0.3, -0.25) is 0 Å². The maximum absolute atomic E-state index is 5.68. The monoisotopic (exact) mass is 501 g/mol. The van der Waals surface area contributed by atoms with E-state index in [0.717, 1.165) is 27.7 Å². The highest BCUT2D eigenvalue weighted by molar-refractivity contribution is 9.10. The van der Waals surface area contributed by atoms with Crippen molar-refractivity contribution in [3.8, 4) is 0 Å². The van der Waals surface area contributed by atoms with Crippen molar-refractivity contribution in [2.24, 2.45) is 0 Å². The van der Waals surface area contributed by atoms with Gasteiger partial charge < -0.3 is 5.73 Å². The van der Waals surface area contributed by atoms with Crippen molar-refractivity contribution >= 4 is 21.6 Å². The molecule has 2 heteroatoms. The average molecular weight is 503 g/mol. The van der Waals surface area contributed by atoms with E-state index in [-0.39, 0.29) is 0 Å². The number of nitrogen functional groups attached to an aromatic ring is 1. The fraction of sp³-hybridized carbons (Fsp3) is 0.226. The number of aryl methyl sites for hydroxylation is 6. The normalized spacial score (nSPS) is 9.91. The Bertz CT molecular complexity index is 1120. The van der Waals surface area contributed by atoms with E-state index in [1.807, 2.05) is 44.2 Å². The Morgan fingerprint density at radius 2 is 1.03 bits per heavy atom. The molecule has 0 aliphatic carbocycles. The summed E-state index contributed by atoms with van der Waals surface area (Å²) < 4.78 is 1.15. The van der Waals surface area contributed by atoms with Crippen molar-refractivity contribution in [3.05, 3.63) is 134 Å². The lowest BCUT2D eigenvalue weighted by molar-refractivity contribution is 1.12. The Labute approximate surface area is 208 Å². The van der Waals surface area contributed by atoms with E-state index < -0.39 is 0 Å². The minimum atomic E-state index is 0.914. The zero-order chi connectivity index (χ0) is 24.4. The molecule has 4 rings (SSSR count). The molecule has 2 N–H and O–H groups in total. The van der Waals surface area contributed by atoms with Crippen LogP contribution in [0.2, 0.25) is 0 Å². The molecule has 33 heavy (non-hydrogen) atoms. The number of rotatable bonds is 2. The second kappa shape index (κ2) is 13.0.